The maximum Gasteiger partial charge on any atom is 0.324 e. The van der Waals surface area contributed by atoms with Crippen LogP contribution in [0, 0.1) is 17.0 Å². The number of carbonyl (C=O) groups is 2. The maximum absolute atomic E-state index is 13.5. The maximum atomic E-state index is 13.5. The summed E-state index contributed by atoms with van der Waals surface area (Å²) < 4.78 is 1.73. The number of piperazine rings is 1. The SMILES string of the molecule is Cc1nn(C)c2nc(C3CC3)cc(C(=O)N3CCN(C(=O)c4ccc([N+](=O)[O-])s4)CC3)c12. The largest absolute Gasteiger partial charge is 0.335 e. The average molecular weight is 455 g/mol. The van der Waals surface area contributed by atoms with E-state index in [1.807, 2.05) is 20.0 Å². The zero-order valence-electron chi connectivity index (χ0n) is 17.8. The molecule has 2 amide bonds. The fourth-order valence-corrected chi connectivity index (χ4v) is 4.99. The van der Waals surface area contributed by atoms with E-state index in [0.29, 0.717) is 42.5 Å². The number of nitro groups is 1. The lowest BCUT2D eigenvalue weighted by Gasteiger charge is -2.34. The molecule has 10 nitrogen and oxygen atoms in total. The number of fused-ring (bicyclic) bond motifs is 1. The van der Waals surface area contributed by atoms with Crippen LogP contribution in [-0.2, 0) is 7.05 Å². The van der Waals surface area contributed by atoms with Gasteiger partial charge in [-0.25, -0.2) is 4.98 Å². The Morgan fingerprint density at radius 1 is 1.12 bits per heavy atom. The van der Waals surface area contributed by atoms with Gasteiger partial charge >= 0.3 is 5.00 Å². The number of aryl methyl sites for hydroxylation is 2. The lowest BCUT2D eigenvalue weighted by molar-refractivity contribution is -0.380. The quantitative estimate of drug-likeness (QED) is 0.442. The van der Waals surface area contributed by atoms with Crippen molar-refractivity contribution in [3.63, 3.8) is 0 Å². The van der Waals surface area contributed by atoms with Crippen molar-refractivity contribution >= 4 is 39.2 Å². The van der Waals surface area contributed by atoms with Crippen LogP contribution in [0.3, 0.4) is 0 Å². The molecule has 11 heteroatoms. The number of aromatic nitrogens is 3. The van der Waals surface area contributed by atoms with Crippen LogP contribution in [0.25, 0.3) is 11.0 Å². The van der Waals surface area contributed by atoms with Gasteiger partial charge in [0.05, 0.1) is 26.4 Å². The predicted octanol–water partition coefficient (Wildman–Crippen LogP) is 2.72. The fraction of sp³-hybridized carbons (Fsp3) is 0.429. The third-order valence-electron chi connectivity index (χ3n) is 6.05. The van der Waals surface area contributed by atoms with Gasteiger partial charge in [-0.1, -0.05) is 11.3 Å². The molecule has 2 fully saturated rings. The van der Waals surface area contributed by atoms with Crippen molar-refractivity contribution < 1.29 is 14.5 Å². The molecule has 166 valence electrons. The lowest BCUT2D eigenvalue weighted by atomic mass is 10.1. The summed E-state index contributed by atoms with van der Waals surface area (Å²) in [4.78, 5) is 45.1. The fourth-order valence-electron chi connectivity index (χ4n) is 4.20. The Labute approximate surface area is 187 Å². The molecule has 0 radical (unpaired) electrons. The summed E-state index contributed by atoms with van der Waals surface area (Å²) in [5.41, 5.74) is 3.06. The second-order valence-electron chi connectivity index (χ2n) is 8.26. The van der Waals surface area contributed by atoms with Crippen molar-refractivity contribution in [1.29, 1.82) is 0 Å². The van der Waals surface area contributed by atoms with Gasteiger partial charge in [-0.3, -0.25) is 24.4 Å². The summed E-state index contributed by atoms with van der Waals surface area (Å²) >= 11 is 0.875. The number of hydrogen-bond acceptors (Lipinski definition) is 7. The first-order chi connectivity index (χ1) is 15.3. The van der Waals surface area contributed by atoms with Crippen molar-refractivity contribution in [2.24, 2.45) is 7.05 Å². The number of carbonyl (C=O) groups excluding carboxylic acids is 2. The van der Waals surface area contributed by atoms with Gasteiger partial charge in [-0.15, -0.1) is 0 Å². The van der Waals surface area contributed by atoms with Gasteiger partial charge in [0.25, 0.3) is 11.8 Å². The van der Waals surface area contributed by atoms with E-state index in [1.54, 1.807) is 14.5 Å². The van der Waals surface area contributed by atoms with E-state index in [2.05, 4.69) is 5.10 Å². The molecule has 5 rings (SSSR count). The highest BCUT2D eigenvalue weighted by molar-refractivity contribution is 7.17. The first kappa shape index (κ1) is 20.6. The highest BCUT2D eigenvalue weighted by atomic mass is 32.1. The summed E-state index contributed by atoms with van der Waals surface area (Å²) in [5.74, 6) is 0.0976. The number of pyridine rings is 1. The molecule has 3 aromatic rings. The number of thiophene rings is 1. The molecule has 0 atom stereocenters. The summed E-state index contributed by atoms with van der Waals surface area (Å²) in [6.45, 7) is 3.45. The molecule has 0 aromatic carbocycles. The highest BCUT2D eigenvalue weighted by Gasteiger charge is 2.32. The van der Waals surface area contributed by atoms with Gasteiger partial charge in [-0.2, -0.15) is 5.10 Å². The number of nitrogens with zero attached hydrogens (tertiary/aromatic N) is 6. The summed E-state index contributed by atoms with van der Waals surface area (Å²) in [5, 5.41) is 16.1. The summed E-state index contributed by atoms with van der Waals surface area (Å²) in [6.07, 6.45) is 2.18. The second kappa shape index (κ2) is 7.66. The van der Waals surface area contributed by atoms with Crippen molar-refractivity contribution in [2.75, 3.05) is 26.2 Å². The first-order valence-electron chi connectivity index (χ1n) is 10.5. The Morgan fingerprint density at radius 2 is 1.78 bits per heavy atom. The van der Waals surface area contributed by atoms with E-state index in [1.165, 1.54) is 12.1 Å². The van der Waals surface area contributed by atoms with E-state index in [-0.39, 0.29) is 16.8 Å². The van der Waals surface area contributed by atoms with Crippen LogP contribution in [0.15, 0.2) is 18.2 Å². The molecule has 0 unspecified atom stereocenters. The van der Waals surface area contributed by atoms with Crippen LogP contribution in [0.4, 0.5) is 5.00 Å². The Kier molecular flexibility index (Phi) is 4.92. The lowest BCUT2D eigenvalue weighted by Crippen LogP contribution is -2.50. The molecule has 3 aromatic heterocycles. The van der Waals surface area contributed by atoms with Crippen molar-refractivity contribution in [3.05, 3.63) is 50.1 Å². The van der Waals surface area contributed by atoms with Crippen LogP contribution >= 0.6 is 11.3 Å². The van der Waals surface area contributed by atoms with Crippen molar-refractivity contribution in [1.82, 2.24) is 24.6 Å². The minimum atomic E-state index is -0.496. The zero-order chi connectivity index (χ0) is 22.6. The molecule has 0 spiro atoms. The molecule has 1 saturated carbocycles. The van der Waals surface area contributed by atoms with E-state index in [4.69, 9.17) is 4.98 Å². The monoisotopic (exact) mass is 454 g/mol. The van der Waals surface area contributed by atoms with E-state index >= 15 is 0 Å². The Bertz CT molecular complexity index is 1250. The number of hydrogen-bond donors (Lipinski definition) is 0. The van der Waals surface area contributed by atoms with E-state index in [9.17, 15) is 19.7 Å². The molecule has 32 heavy (non-hydrogen) atoms. The van der Waals surface area contributed by atoms with Gasteiger partial charge < -0.3 is 9.80 Å². The molecule has 0 bridgehead atoms. The third-order valence-corrected chi connectivity index (χ3v) is 7.08. The second-order valence-corrected chi connectivity index (χ2v) is 9.32. The first-order valence-corrected chi connectivity index (χ1v) is 11.3. The Balaban J connectivity index is 1.35. The molecule has 2 aliphatic rings. The van der Waals surface area contributed by atoms with Crippen LogP contribution in [0.5, 0.6) is 0 Å². The van der Waals surface area contributed by atoms with Crippen molar-refractivity contribution in [3.8, 4) is 0 Å². The van der Waals surface area contributed by atoms with Crippen LogP contribution < -0.4 is 0 Å². The van der Waals surface area contributed by atoms with Crippen LogP contribution in [-0.4, -0.2) is 67.5 Å². The molecule has 1 saturated heterocycles. The summed E-state index contributed by atoms with van der Waals surface area (Å²) in [7, 11) is 1.84. The van der Waals surface area contributed by atoms with E-state index < -0.39 is 4.92 Å². The predicted molar refractivity (Wildman–Crippen MR) is 118 cm³/mol. The molecular formula is C21H22N6O4S. The Morgan fingerprint density at radius 3 is 2.38 bits per heavy atom. The van der Waals surface area contributed by atoms with Crippen LogP contribution in [0.2, 0.25) is 0 Å². The molecule has 1 aliphatic carbocycles. The normalized spacial score (nSPS) is 16.6. The van der Waals surface area contributed by atoms with Gasteiger partial charge in [0, 0.05) is 50.9 Å². The topological polar surface area (TPSA) is 114 Å². The molecular weight excluding hydrogens is 432 g/mol. The van der Waals surface area contributed by atoms with Gasteiger partial charge in [0.1, 0.15) is 0 Å². The highest BCUT2D eigenvalue weighted by Crippen LogP contribution is 2.40. The molecule has 1 aliphatic heterocycles. The standard InChI is InChI=1S/C21H22N6O4S/c1-12-18-14(11-15(13-3-4-13)22-19(18)24(2)23-12)20(28)25-7-9-26(10-8-25)21(29)16-5-6-17(32-16)27(30)31/h5-6,11,13H,3-4,7-10H2,1-2H3. The van der Waals surface area contributed by atoms with Gasteiger partial charge in [-0.05, 0) is 31.9 Å². The average Bonchev–Trinajstić information content (AvgIpc) is 3.45. The molecule has 4 heterocycles. The zero-order valence-corrected chi connectivity index (χ0v) is 18.6. The smallest absolute Gasteiger partial charge is 0.324 e. The molecule has 0 N–H and O–H groups in total. The van der Waals surface area contributed by atoms with Crippen molar-refractivity contribution in [2.45, 2.75) is 25.7 Å². The van der Waals surface area contributed by atoms with Gasteiger partial charge in [0.15, 0.2) is 5.65 Å². The Hall–Kier alpha value is -3.34. The minimum Gasteiger partial charge on any atom is -0.335 e. The number of rotatable bonds is 4. The number of amides is 2. The minimum absolute atomic E-state index is 0.0535. The summed E-state index contributed by atoms with van der Waals surface area (Å²) in [6, 6.07) is 4.75. The van der Waals surface area contributed by atoms with Gasteiger partial charge in [0.2, 0.25) is 0 Å². The van der Waals surface area contributed by atoms with E-state index in [0.717, 1.165) is 46.6 Å². The third kappa shape index (κ3) is 3.52. The van der Waals surface area contributed by atoms with Crippen LogP contribution in [0.1, 0.15) is 50.2 Å².